The Morgan fingerprint density at radius 3 is 1.65 bits per heavy atom. The Labute approximate surface area is 358 Å². The summed E-state index contributed by atoms with van der Waals surface area (Å²) in [6.07, 6.45) is -5.33. The molecular formula is C51H37N3. The van der Waals surface area contributed by atoms with E-state index in [9.17, 15) is 20.6 Å². The second kappa shape index (κ2) is 13.6. The van der Waals surface area contributed by atoms with Gasteiger partial charge in [0.1, 0.15) is 11.7 Å². The van der Waals surface area contributed by atoms with Crippen LogP contribution in [0.4, 0.5) is 0 Å². The summed E-state index contributed by atoms with van der Waals surface area (Å²) < 4.78 is 275. The van der Waals surface area contributed by atoms with Crippen LogP contribution in [0.1, 0.15) is 72.6 Å². The van der Waals surface area contributed by atoms with Crippen LogP contribution < -0.4 is 5.32 Å². The molecule has 0 amide bonds. The quantitative estimate of drug-likeness (QED) is 0.170. The number of fused-ring (bicyclic) bond motifs is 6. The van der Waals surface area contributed by atoms with E-state index in [1.54, 1.807) is 0 Å². The standard InChI is InChI=1S/C51H37N3/c1-3-11-39(12-4-1)49-52-50(40-13-5-2-6-14-40)54-51(53-49)41-29-27-37(28-30-41)35-21-19-34(20-22-35)36-23-25-38(26-24-36)42-31-32-47-45-17-8-7-15-43(45)44-16-9-10-18-46(44)48(47)33-42/h1-5,7-13,15-33,51H,6,14H2,(H,52,53,54)/i1D,2D,3D,5D,6D,7D,8D,9D,10D,12D,13D,14D,15D,16D,17D,18D,19D,20D,21D,22D,23D,24D,25D,26D,27D,28D,29D,30D,31D,32D,33D. The summed E-state index contributed by atoms with van der Waals surface area (Å²) in [6, 6.07) is -23.1. The fourth-order valence-corrected chi connectivity index (χ4v) is 5.73. The van der Waals surface area contributed by atoms with E-state index in [4.69, 9.17) is 21.9 Å². The fraction of sp³-hybridized carbons (Fsp3) is 0.0588. The van der Waals surface area contributed by atoms with E-state index in [0.717, 1.165) is 12.1 Å². The predicted octanol–water partition coefficient (Wildman–Crippen LogP) is 12.9. The molecule has 1 aliphatic carbocycles. The molecule has 54 heavy (non-hydrogen) atoms. The zero-order valence-corrected chi connectivity index (χ0v) is 27.3. The first-order chi connectivity index (χ1) is 39.6. The minimum absolute atomic E-state index is 0.177. The fourth-order valence-electron chi connectivity index (χ4n) is 5.73. The Hall–Kier alpha value is -6.84. The number of hydrogen-bond acceptors (Lipinski definition) is 3. The molecule has 8 aromatic carbocycles. The second-order valence-electron chi connectivity index (χ2n) is 11.5. The Kier molecular flexibility index (Phi) is 3.33. The first kappa shape index (κ1) is 13.2. The summed E-state index contributed by atoms with van der Waals surface area (Å²) in [5, 5.41) is -0.357. The van der Waals surface area contributed by atoms with E-state index >= 15 is 0 Å². The maximum atomic E-state index is 9.58. The Bertz CT molecular complexity index is 4470. The predicted molar refractivity (Wildman–Crippen MR) is 228 cm³/mol. The molecule has 0 saturated carbocycles. The molecular weight excluding hydrogens is 655 g/mol. The van der Waals surface area contributed by atoms with E-state index < -0.39 is 265 Å². The van der Waals surface area contributed by atoms with Crippen molar-refractivity contribution in [2.45, 2.75) is 19.0 Å². The number of nitrogens with zero attached hydrogens (tertiary/aromatic N) is 2. The monoisotopic (exact) mass is 722 g/mol. The van der Waals surface area contributed by atoms with Crippen molar-refractivity contribution in [1.29, 1.82) is 0 Å². The molecule has 0 aromatic heterocycles. The van der Waals surface area contributed by atoms with Crippen molar-refractivity contribution < 1.29 is 42.5 Å². The van der Waals surface area contributed by atoms with Crippen molar-refractivity contribution in [3.05, 3.63) is 204 Å². The smallest absolute Gasteiger partial charge is 0.169 e. The molecule has 1 N–H and O–H groups in total. The van der Waals surface area contributed by atoms with Crippen LogP contribution in [0.2, 0.25) is 0 Å². The number of aliphatic imine (C=N–C) groups is 2. The van der Waals surface area contributed by atoms with Gasteiger partial charge in [0.2, 0.25) is 0 Å². The maximum absolute atomic E-state index is 9.58. The first-order valence-electron chi connectivity index (χ1n) is 31.7. The Morgan fingerprint density at radius 2 is 1.02 bits per heavy atom. The van der Waals surface area contributed by atoms with Crippen molar-refractivity contribution >= 4 is 44.0 Å². The van der Waals surface area contributed by atoms with Gasteiger partial charge in [0.15, 0.2) is 6.17 Å². The first-order valence-corrected chi connectivity index (χ1v) is 16.1. The van der Waals surface area contributed by atoms with E-state index in [1.165, 1.54) is 0 Å². The summed E-state index contributed by atoms with van der Waals surface area (Å²) in [6.45, 7) is 0. The van der Waals surface area contributed by atoms with Crippen molar-refractivity contribution in [3.8, 4) is 33.4 Å². The zero-order valence-electron chi connectivity index (χ0n) is 58.3. The van der Waals surface area contributed by atoms with E-state index in [1.807, 2.05) is 0 Å². The second-order valence-corrected chi connectivity index (χ2v) is 11.5. The maximum Gasteiger partial charge on any atom is 0.169 e. The molecule has 3 unspecified atom stereocenters. The topological polar surface area (TPSA) is 36.8 Å². The third-order valence-corrected chi connectivity index (χ3v) is 8.29. The van der Waals surface area contributed by atoms with Gasteiger partial charge in [-0.05, 0) is 95.7 Å². The molecule has 0 radical (unpaired) electrons. The molecule has 0 fully saturated rings. The Balaban J connectivity index is 1.17. The van der Waals surface area contributed by atoms with Crippen LogP contribution in [0, 0.1) is 0 Å². The van der Waals surface area contributed by atoms with Crippen LogP contribution in [0.15, 0.2) is 203 Å². The van der Waals surface area contributed by atoms with Crippen LogP contribution in [0.3, 0.4) is 0 Å². The van der Waals surface area contributed by atoms with Gasteiger partial charge in [-0.2, -0.15) is 0 Å². The van der Waals surface area contributed by atoms with Crippen LogP contribution in [0.5, 0.6) is 0 Å². The number of hydrogen-bond donors (Lipinski definition) is 1. The molecule has 3 atom stereocenters. The molecule has 10 rings (SSSR count). The van der Waals surface area contributed by atoms with E-state index in [-0.39, 0.29) is 23.5 Å². The van der Waals surface area contributed by atoms with Crippen LogP contribution in [-0.2, 0) is 0 Å². The molecule has 3 nitrogen and oxygen atoms in total. The Morgan fingerprint density at radius 1 is 0.500 bits per heavy atom. The third kappa shape index (κ3) is 5.90. The highest BCUT2D eigenvalue weighted by molar-refractivity contribution is 6.25. The molecule has 1 aliphatic heterocycles. The molecule has 0 bridgehead atoms. The van der Waals surface area contributed by atoms with Gasteiger partial charge in [-0.3, -0.25) is 0 Å². The van der Waals surface area contributed by atoms with Gasteiger partial charge in [0.05, 0.1) is 39.8 Å². The summed E-state index contributed by atoms with van der Waals surface area (Å²) in [5.74, 6) is -0.818. The molecule has 0 saturated heterocycles. The SMILES string of the molecule is [2H]C1=C([2H])C([2H])C([2H])C(C2=NC(c3c([2H])c([2H])c(-c4c([2H])c([2H])c(-c5c([2H])c([2H])c(-c6c([2H])c([2H])c7c8c([2H])c([2H])c([2H])c([2H])c8c8c([2H])c([2H])c([2H])c([2H])c8c7c6[2H])c([2H])c5[2H])c([2H])c4[2H])c([2H])c3[2H])N=C(c3cc([2H])c([2H])cc3[2H])N2)=C1[2H]. The number of amidine groups is 2. The molecule has 3 heteroatoms. The highest BCUT2D eigenvalue weighted by Gasteiger charge is 2.22. The van der Waals surface area contributed by atoms with Gasteiger partial charge < -0.3 is 5.32 Å². The number of rotatable bonds is 6. The lowest BCUT2D eigenvalue weighted by molar-refractivity contribution is 0.752. The van der Waals surface area contributed by atoms with Crippen LogP contribution in [0.25, 0.3) is 65.7 Å². The largest absolute Gasteiger partial charge is 0.325 e. The number of nitrogens with one attached hydrogen (secondary N) is 1. The summed E-state index contributed by atoms with van der Waals surface area (Å²) in [5.41, 5.74) is -6.35. The van der Waals surface area contributed by atoms with Crippen LogP contribution >= 0.6 is 0 Å². The highest BCUT2D eigenvalue weighted by Crippen LogP contribution is 2.37. The molecule has 2 aliphatic rings. The number of benzene rings is 8. The van der Waals surface area contributed by atoms with Crippen molar-refractivity contribution in [3.63, 3.8) is 0 Å². The number of allylic oxidation sites excluding steroid dienone is 3. The highest BCUT2D eigenvalue weighted by atomic mass is 15.2. The molecule has 1 heterocycles. The lowest BCUT2D eigenvalue weighted by Crippen LogP contribution is -2.36. The normalized spacial score (nSPS) is 26.8. The van der Waals surface area contributed by atoms with Gasteiger partial charge in [0.25, 0.3) is 0 Å². The van der Waals surface area contributed by atoms with Crippen molar-refractivity contribution in [2.24, 2.45) is 9.98 Å². The van der Waals surface area contributed by atoms with Crippen molar-refractivity contribution in [1.82, 2.24) is 5.32 Å². The zero-order chi connectivity index (χ0) is 62.8. The van der Waals surface area contributed by atoms with Gasteiger partial charge in [-0.15, -0.1) is 0 Å². The van der Waals surface area contributed by atoms with Gasteiger partial charge in [-0.25, -0.2) is 9.98 Å². The van der Waals surface area contributed by atoms with Crippen molar-refractivity contribution in [2.75, 3.05) is 0 Å². The molecule has 0 spiro atoms. The summed E-state index contributed by atoms with van der Waals surface area (Å²) in [4.78, 5) is 8.82. The van der Waals surface area contributed by atoms with Gasteiger partial charge in [0, 0.05) is 8.30 Å². The van der Waals surface area contributed by atoms with Crippen LogP contribution in [-0.4, -0.2) is 11.7 Å². The van der Waals surface area contributed by atoms with E-state index in [2.05, 4.69) is 15.3 Å². The minimum atomic E-state index is -1.88. The molecule has 8 aromatic rings. The van der Waals surface area contributed by atoms with E-state index in [0.29, 0.717) is 0 Å². The van der Waals surface area contributed by atoms with Gasteiger partial charge >= 0.3 is 0 Å². The lowest BCUT2D eigenvalue weighted by Gasteiger charge is -2.24. The van der Waals surface area contributed by atoms with Gasteiger partial charge in [-0.1, -0.05) is 181 Å². The molecule has 256 valence electrons. The third-order valence-electron chi connectivity index (χ3n) is 8.29. The lowest BCUT2D eigenvalue weighted by atomic mass is 9.91. The summed E-state index contributed by atoms with van der Waals surface area (Å²) in [7, 11) is 0. The average Bonchev–Trinajstić information content (AvgIpc) is 0.717. The average molecular weight is 723 g/mol. The summed E-state index contributed by atoms with van der Waals surface area (Å²) >= 11 is 0. The minimum Gasteiger partial charge on any atom is -0.325 e.